The number of rotatable bonds is 16. The number of hydrogen-bond acceptors (Lipinski definition) is 7. The highest BCUT2D eigenvalue weighted by Gasteiger charge is 2.75. The van der Waals surface area contributed by atoms with Crippen molar-refractivity contribution in [2.24, 2.45) is 11.8 Å². The van der Waals surface area contributed by atoms with E-state index in [0.717, 1.165) is 12.8 Å². The van der Waals surface area contributed by atoms with Crippen molar-refractivity contribution in [3.05, 3.63) is 61.2 Å². The van der Waals surface area contributed by atoms with E-state index in [1.54, 1.807) is 17.1 Å². The second-order valence-corrected chi connectivity index (χ2v) is 11.2. The maximum absolute atomic E-state index is 14.0. The lowest BCUT2D eigenvalue weighted by Gasteiger charge is -2.36. The lowest BCUT2D eigenvalue weighted by molar-refractivity contribution is -0.160. The minimum atomic E-state index is -1.18. The summed E-state index contributed by atoms with van der Waals surface area (Å²) in [4.78, 5) is 57.2. The van der Waals surface area contributed by atoms with E-state index in [1.807, 2.05) is 37.3 Å². The van der Waals surface area contributed by atoms with Gasteiger partial charge in [0.05, 0.1) is 31.1 Å². The van der Waals surface area contributed by atoms with Crippen LogP contribution < -0.4 is 5.32 Å². The molecule has 3 saturated heterocycles. The maximum Gasteiger partial charge on any atom is 0.313 e. The van der Waals surface area contributed by atoms with Crippen LogP contribution in [0.2, 0.25) is 0 Å². The largest absolute Gasteiger partial charge is 0.455 e. The Morgan fingerprint density at radius 3 is 2.69 bits per heavy atom. The van der Waals surface area contributed by atoms with Gasteiger partial charge in [0.2, 0.25) is 17.7 Å². The highest BCUT2D eigenvalue weighted by Crippen LogP contribution is 2.59. The Morgan fingerprint density at radius 2 is 2.02 bits per heavy atom. The topological polar surface area (TPSA) is 125 Å². The first kappa shape index (κ1) is 31.4. The number of benzene rings is 1. The van der Waals surface area contributed by atoms with Gasteiger partial charge in [-0.1, -0.05) is 55.8 Å². The number of carbonyl (C=O) groups is 4. The van der Waals surface area contributed by atoms with Crippen molar-refractivity contribution in [1.82, 2.24) is 15.1 Å². The number of fused-ring (bicyclic) bond motifs is 1. The van der Waals surface area contributed by atoms with Gasteiger partial charge in [-0.05, 0) is 31.2 Å². The van der Waals surface area contributed by atoms with Gasteiger partial charge in [-0.15, -0.1) is 13.2 Å². The van der Waals surface area contributed by atoms with Gasteiger partial charge in [0.25, 0.3) is 0 Å². The van der Waals surface area contributed by atoms with E-state index < -0.39 is 41.7 Å². The average Bonchev–Trinajstić information content (AvgIpc) is 3.64. The average molecular weight is 582 g/mol. The first-order chi connectivity index (χ1) is 20.3. The normalized spacial score (nSPS) is 26.4. The van der Waals surface area contributed by atoms with Crippen LogP contribution in [0.4, 0.5) is 0 Å². The molecule has 3 fully saturated rings. The predicted octanol–water partition coefficient (Wildman–Crippen LogP) is 2.53. The Morgan fingerprint density at radius 1 is 1.26 bits per heavy atom. The summed E-state index contributed by atoms with van der Waals surface area (Å²) >= 11 is 0. The summed E-state index contributed by atoms with van der Waals surface area (Å²) < 4.78 is 12.5. The van der Waals surface area contributed by atoms with Gasteiger partial charge in [-0.25, -0.2) is 0 Å². The summed E-state index contributed by atoms with van der Waals surface area (Å²) in [7, 11) is 0. The molecule has 2 bridgehead atoms. The minimum Gasteiger partial charge on any atom is -0.455 e. The van der Waals surface area contributed by atoms with Crippen molar-refractivity contribution in [1.29, 1.82) is 0 Å². The van der Waals surface area contributed by atoms with E-state index >= 15 is 0 Å². The van der Waals surface area contributed by atoms with Crippen molar-refractivity contribution in [3.8, 4) is 0 Å². The second-order valence-electron chi connectivity index (χ2n) is 11.2. The van der Waals surface area contributed by atoms with Crippen molar-refractivity contribution < 1.29 is 33.8 Å². The maximum atomic E-state index is 14.0. The van der Waals surface area contributed by atoms with Gasteiger partial charge < -0.3 is 29.7 Å². The van der Waals surface area contributed by atoms with Gasteiger partial charge in [0.15, 0.2) is 0 Å². The molecule has 0 aliphatic carbocycles. The smallest absolute Gasteiger partial charge is 0.313 e. The van der Waals surface area contributed by atoms with Crippen molar-refractivity contribution in [2.75, 3.05) is 32.8 Å². The molecule has 4 rings (SSSR count). The van der Waals surface area contributed by atoms with E-state index in [-0.39, 0.29) is 43.8 Å². The fourth-order valence-corrected chi connectivity index (χ4v) is 6.66. The van der Waals surface area contributed by atoms with Gasteiger partial charge in [-0.2, -0.15) is 0 Å². The quantitative estimate of drug-likeness (QED) is 0.227. The van der Waals surface area contributed by atoms with Gasteiger partial charge in [-0.3, -0.25) is 19.2 Å². The number of carbonyl (C=O) groups excluding carboxylic acids is 4. The number of aliphatic hydroxyl groups is 1. The summed E-state index contributed by atoms with van der Waals surface area (Å²) in [6.45, 7) is 10.0. The molecule has 2 N–H and O–H groups in total. The highest BCUT2D eigenvalue weighted by atomic mass is 16.6. The fraction of sp³-hybridized carbons (Fsp3) is 0.562. The number of unbranched alkanes of at least 4 members (excludes halogenated alkanes) is 1. The number of ether oxygens (including phenoxy) is 2. The molecule has 3 aliphatic rings. The van der Waals surface area contributed by atoms with Crippen LogP contribution in [0.5, 0.6) is 0 Å². The molecule has 0 aromatic heterocycles. The minimum absolute atomic E-state index is 0.0393. The first-order valence-electron chi connectivity index (χ1n) is 14.9. The molecular weight excluding hydrogens is 538 g/mol. The number of β-amino-alcohol motifs (C(OH)–C–C–N with tert-alkyl or cyclic N) is 1. The summed E-state index contributed by atoms with van der Waals surface area (Å²) in [6, 6.07) is 8.17. The molecule has 1 spiro atoms. The SMILES string of the molecule is C=CCCC(=O)NC[C@@H](OC(=O)[C@@H]1[C@@H]2CC[C@]3(O2)[C@H](C(=O)N(CC=C)CCCC)N(CCO)C(=O)[C@@H]13)c1ccccc1. The van der Waals surface area contributed by atoms with Crippen LogP contribution in [0.3, 0.4) is 0 Å². The van der Waals surface area contributed by atoms with Crippen LogP contribution in [0, 0.1) is 11.8 Å². The molecular formula is C32H43N3O7. The number of allylic oxidation sites excluding steroid dienone is 1. The molecule has 1 aromatic carbocycles. The number of likely N-dealkylation sites (tertiary alicyclic amines) is 1. The van der Waals surface area contributed by atoms with Crippen molar-refractivity contribution in [2.45, 2.75) is 69.3 Å². The lowest BCUT2D eigenvalue weighted by atomic mass is 9.70. The Kier molecular flexibility index (Phi) is 10.6. The standard InChI is InChI=1S/C32H43N3O7/c1-4-7-14-25(37)33-21-24(22-12-10-9-11-13-22)41-31(40)26-23-15-16-32(42-23)27(26)29(38)35(19-20-36)28(32)30(39)34(17-6-3)18-8-5-2/h4,6,9-13,23-24,26-28,36H,1,3,5,7-8,14-21H2,2H3,(H,33,37)/t23-,24+,26+,27+,28-,32+/m0/s1. The van der Waals surface area contributed by atoms with E-state index in [4.69, 9.17) is 9.47 Å². The Hall–Kier alpha value is -3.50. The number of nitrogens with one attached hydrogen (secondary N) is 1. The molecule has 0 radical (unpaired) electrons. The summed E-state index contributed by atoms with van der Waals surface area (Å²) in [6.07, 6.45) is 5.41. The third-order valence-electron chi connectivity index (χ3n) is 8.58. The molecule has 3 heterocycles. The molecule has 6 atom stereocenters. The summed E-state index contributed by atoms with van der Waals surface area (Å²) in [5, 5.41) is 12.7. The van der Waals surface area contributed by atoms with Crippen molar-refractivity contribution in [3.63, 3.8) is 0 Å². The van der Waals surface area contributed by atoms with Gasteiger partial charge in [0, 0.05) is 26.1 Å². The van der Waals surface area contributed by atoms with Gasteiger partial charge >= 0.3 is 5.97 Å². The van der Waals surface area contributed by atoms with Crippen LogP contribution >= 0.6 is 0 Å². The molecule has 228 valence electrons. The Bertz CT molecular complexity index is 1160. The zero-order valence-corrected chi connectivity index (χ0v) is 24.4. The Labute approximate surface area is 247 Å². The van der Waals surface area contributed by atoms with E-state index in [1.165, 1.54) is 4.90 Å². The fourth-order valence-electron chi connectivity index (χ4n) is 6.66. The summed E-state index contributed by atoms with van der Waals surface area (Å²) in [5.41, 5.74) is -0.470. The molecule has 0 saturated carbocycles. The molecule has 1 aromatic rings. The zero-order chi connectivity index (χ0) is 30.3. The number of hydrogen-bond donors (Lipinski definition) is 2. The van der Waals surface area contributed by atoms with Crippen molar-refractivity contribution >= 4 is 23.7 Å². The number of nitrogens with zero attached hydrogens (tertiary/aromatic N) is 2. The van der Waals surface area contributed by atoms with E-state index in [9.17, 15) is 24.3 Å². The van der Waals surface area contributed by atoms with Crippen LogP contribution in [0.25, 0.3) is 0 Å². The highest BCUT2D eigenvalue weighted by molar-refractivity contribution is 5.98. The first-order valence-corrected chi connectivity index (χ1v) is 14.9. The number of esters is 1. The zero-order valence-electron chi connectivity index (χ0n) is 24.4. The third kappa shape index (κ3) is 6.15. The molecule has 0 unspecified atom stereocenters. The monoisotopic (exact) mass is 581 g/mol. The molecule has 10 nitrogen and oxygen atoms in total. The summed E-state index contributed by atoms with van der Waals surface area (Å²) in [5.74, 6) is -3.23. The lowest BCUT2D eigenvalue weighted by Crippen LogP contribution is -2.56. The second kappa shape index (κ2) is 14.1. The van der Waals surface area contributed by atoms with Crippen LogP contribution in [-0.4, -0.2) is 89.1 Å². The molecule has 10 heteroatoms. The van der Waals surface area contributed by atoms with Crippen LogP contribution in [0.15, 0.2) is 55.6 Å². The Balaban J connectivity index is 1.60. The van der Waals surface area contributed by atoms with Gasteiger partial charge in [0.1, 0.15) is 17.7 Å². The molecule has 42 heavy (non-hydrogen) atoms. The number of aliphatic hydroxyl groups excluding tert-OH is 1. The predicted molar refractivity (Wildman–Crippen MR) is 156 cm³/mol. The number of amides is 3. The molecule has 3 amide bonds. The van der Waals surface area contributed by atoms with Crippen LogP contribution in [-0.2, 0) is 28.7 Å². The van der Waals surface area contributed by atoms with E-state index in [2.05, 4.69) is 18.5 Å². The van der Waals surface area contributed by atoms with Crippen LogP contribution in [0.1, 0.15) is 57.1 Å². The third-order valence-corrected chi connectivity index (χ3v) is 8.58. The molecule has 3 aliphatic heterocycles. The van der Waals surface area contributed by atoms with E-state index in [0.29, 0.717) is 37.9 Å².